The van der Waals surface area contributed by atoms with Crippen LogP contribution in [0.1, 0.15) is 39.0 Å². The molecular formula is C17H21ClN2O2S. The first-order chi connectivity index (χ1) is 11.0. The van der Waals surface area contributed by atoms with Gasteiger partial charge in [0.25, 0.3) is 0 Å². The maximum absolute atomic E-state index is 12.2. The summed E-state index contributed by atoms with van der Waals surface area (Å²) in [5.74, 6) is 0.595. The predicted octanol–water partition coefficient (Wildman–Crippen LogP) is 3.84. The molecule has 0 radical (unpaired) electrons. The maximum Gasteiger partial charge on any atom is 0.238 e. The summed E-state index contributed by atoms with van der Waals surface area (Å²) < 4.78 is 0. The van der Waals surface area contributed by atoms with E-state index in [0.29, 0.717) is 5.02 Å². The Hall–Kier alpha value is -1.20. The van der Waals surface area contributed by atoms with Crippen LogP contribution < -0.4 is 10.6 Å². The third-order valence-electron chi connectivity index (χ3n) is 4.51. The Morgan fingerprint density at radius 2 is 2.09 bits per heavy atom. The van der Waals surface area contributed by atoms with Gasteiger partial charge in [0.05, 0.1) is 10.9 Å². The smallest absolute Gasteiger partial charge is 0.238 e. The molecule has 6 heteroatoms. The number of rotatable bonds is 3. The minimum Gasteiger partial charge on any atom is -0.353 e. The van der Waals surface area contributed by atoms with E-state index in [0.717, 1.165) is 42.2 Å². The minimum atomic E-state index is -0.383. The average Bonchev–Trinajstić information content (AvgIpc) is 2.50. The Balaban J connectivity index is 1.56. The van der Waals surface area contributed by atoms with E-state index < -0.39 is 0 Å². The van der Waals surface area contributed by atoms with Gasteiger partial charge in [-0.2, -0.15) is 0 Å². The Morgan fingerprint density at radius 1 is 1.35 bits per heavy atom. The topological polar surface area (TPSA) is 58.2 Å². The van der Waals surface area contributed by atoms with Crippen LogP contribution in [0, 0.1) is 5.92 Å². The molecule has 2 aliphatic rings. The van der Waals surface area contributed by atoms with E-state index in [1.165, 1.54) is 11.8 Å². The largest absolute Gasteiger partial charge is 0.353 e. The summed E-state index contributed by atoms with van der Waals surface area (Å²) >= 11 is 7.37. The molecule has 4 nitrogen and oxygen atoms in total. The molecule has 1 unspecified atom stereocenters. The Bertz CT molecular complexity index is 615. The van der Waals surface area contributed by atoms with Crippen molar-refractivity contribution in [1.29, 1.82) is 0 Å². The van der Waals surface area contributed by atoms with E-state index in [1.807, 2.05) is 6.07 Å². The molecule has 1 aliphatic heterocycles. The number of hydrogen-bond acceptors (Lipinski definition) is 3. The number of thioether (sulfide) groups is 1. The fraction of sp³-hybridized carbons (Fsp3) is 0.529. The first-order valence-electron chi connectivity index (χ1n) is 8.07. The summed E-state index contributed by atoms with van der Waals surface area (Å²) in [7, 11) is 0. The number of fused-ring (bicyclic) bond motifs is 1. The van der Waals surface area contributed by atoms with Crippen molar-refractivity contribution >= 4 is 40.9 Å². The van der Waals surface area contributed by atoms with Crippen LogP contribution in [-0.4, -0.2) is 23.1 Å². The average molecular weight is 353 g/mol. The molecule has 0 aromatic heterocycles. The summed E-state index contributed by atoms with van der Waals surface area (Å²) in [5, 5.41) is 6.14. The second-order valence-electron chi connectivity index (χ2n) is 6.46. The third kappa shape index (κ3) is 4.21. The number of hydrogen-bond donors (Lipinski definition) is 2. The quantitative estimate of drug-likeness (QED) is 0.869. The van der Waals surface area contributed by atoms with Gasteiger partial charge in [-0.3, -0.25) is 9.59 Å². The molecule has 124 valence electrons. The van der Waals surface area contributed by atoms with Gasteiger partial charge in [0.1, 0.15) is 0 Å². The van der Waals surface area contributed by atoms with Crippen LogP contribution in [0.5, 0.6) is 0 Å². The molecule has 2 N–H and O–H groups in total. The van der Waals surface area contributed by atoms with Crippen LogP contribution >= 0.6 is 23.4 Å². The molecule has 1 aromatic carbocycles. The van der Waals surface area contributed by atoms with Crippen molar-refractivity contribution < 1.29 is 9.59 Å². The number of halogens is 1. The van der Waals surface area contributed by atoms with E-state index in [2.05, 4.69) is 17.6 Å². The van der Waals surface area contributed by atoms with Crippen LogP contribution in [-0.2, 0) is 9.59 Å². The summed E-state index contributed by atoms with van der Waals surface area (Å²) in [4.78, 5) is 25.4. The number of nitrogens with one attached hydrogen (secondary N) is 2. The lowest BCUT2D eigenvalue weighted by Crippen LogP contribution is -2.40. The van der Waals surface area contributed by atoms with Crippen molar-refractivity contribution in [3.63, 3.8) is 0 Å². The molecule has 1 fully saturated rings. The molecule has 1 atom stereocenters. The SMILES string of the molecule is CC1CCC(NC(=O)CC2Sc3ccc(Cl)cc3NC2=O)CC1. The summed E-state index contributed by atoms with van der Waals surface area (Å²) in [6.45, 7) is 2.25. The van der Waals surface area contributed by atoms with E-state index in [9.17, 15) is 9.59 Å². The lowest BCUT2D eigenvalue weighted by molar-refractivity contribution is -0.124. The molecule has 23 heavy (non-hydrogen) atoms. The third-order valence-corrected chi connectivity index (χ3v) is 6.02. The summed E-state index contributed by atoms with van der Waals surface area (Å²) in [6.07, 6.45) is 4.62. The number of benzene rings is 1. The molecule has 0 bridgehead atoms. The molecule has 0 saturated heterocycles. The first-order valence-corrected chi connectivity index (χ1v) is 9.33. The summed E-state index contributed by atoms with van der Waals surface area (Å²) in [5.41, 5.74) is 0.727. The van der Waals surface area contributed by atoms with Crippen LogP contribution in [0.15, 0.2) is 23.1 Å². The maximum atomic E-state index is 12.2. The standard InChI is InChI=1S/C17H21ClN2O2S/c1-10-2-5-12(6-3-10)19-16(21)9-15-17(22)20-13-8-11(18)4-7-14(13)23-15/h4,7-8,10,12,15H,2-3,5-6,9H2,1H3,(H,19,21)(H,20,22). The molecule has 0 spiro atoms. The van der Waals surface area contributed by atoms with Crippen molar-refractivity contribution in [3.8, 4) is 0 Å². The Kier molecular flexibility index (Phi) is 5.17. The lowest BCUT2D eigenvalue weighted by Gasteiger charge is -2.28. The van der Waals surface area contributed by atoms with Gasteiger partial charge in [-0.05, 0) is 49.8 Å². The number of anilines is 1. The second-order valence-corrected chi connectivity index (χ2v) is 8.15. The normalized spacial score (nSPS) is 27.0. The van der Waals surface area contributed by atoms with Crippen LogP contribution in [0.25, 0.3) is 0 Å². The van der Waals surface area contributed by atoms with Crippen molar-refractivity contribution in [2.45, 2.75) is 55.2 Å². The van der Waals surface area contributed by atoms with Gasteiger partial charge < -0.3 is 10.6 Å². The van der Waals surface area contributed by atoms with Crippen molar-refractivity contribution in [3.05, 3.63) is 23.2 Å². The van der Waals surface area contributed by atoms with Crippen molar-refractivity contribution in [2.24, 2.45) is 5.92 Å². The van der Waals surface area contributed by atoms with Gasteiger partial charge in [0.2, 0.25) is 11.8 Å². The first kappa shape index (κ1) is 16.7. The zero-order valence-corrected chi connectivity index (χ0v) is 14.7. The van der Waals surface area contributed by atoms with Crippen LogP contribution in [0.3, 0.4) is 0 Å². The summed E-state index contributed by atoms with van der Waals surface area (Å²) in [6, 6.07) is 5.68. The highest BCUT2D eigenvalue weighted by Gasteiger charge is 2.30. The lowest BCUT2D eigenvalue weighted by atomic mass is 9.87. The number of carbonyl (C=O) groups excluding carboxylic acids is 2. The number of amides is 2. The van der Waals surface area contributed by atoms with Gasteiger partial charge in [-0.15, -0.1) is 11.8 Å². The minimum absolute atomic E-state index is 0.0328. The predicted molar refractivity (Wildman–Crippen MR) is 93.9 cm³/mol. The molecule has 2 amide bonds. The zero-order chi connectivity index (χ0) is 16.4. The second kappa shape index (κ2) is 7.14. The van der Waals surface area contributed by atoms with Gasteiger partial charge >= 0.3 is 0 Å². The number of carbonyl (C=O) groups is 2. The highest BCUT2D eigenvalue weighted by Crippen LogP contribution is 2.38. The highest BCUT2D eigenvalue weighted by atomic mass is 35.5. The zero-order valence-electron chi connectivity index (χ0n) is 13.1. The fourth-order valence-corrected chi connectivity index (χ4v) is 4.38. The molecule has 1 heterocycles. The van der Waals surface area contributed by atoms with Gasteiger partial charge in [-0.1, -0.05) is 18.5 Å². The molecule has 3 rings (SSSR count). The van der Waals surface area contributed by atoms with Gasteiger partial charge in [0.15, 0.2) is 0 Å². The van der Waals surface area contributed by atoms with Crippen molar-refractivity contribution in [2.75, 3.05) is 5.32 Å². The van der Waals surface area contributed by atoms with E-state index >= 15 is 0 Å². The van der Waals surface area contributed by atoms with E-state index in [1.54, 1.807) is 12.1 Å². The van der Waals surface area contributed by atoms with E-state index in [4.69, 9.17) is 11.6 Å². The van der Waals surface area contributed by atoms with Gasteiger partial charge in [-0.25, -0.2) is 0 Å². The van der Waals surface area contributed by atoms with Crippen LogP contribution in [0.4, 0.5) is 5.69 Å². The molecule has 1 aliphatic carbocycles. The monoisotopic (exact) mass is 352 g/mol. The Labute approximate surface area is 145 Å². The molecule has 1 aromatic rings. The molecular weight excluding hydrogens is 332 g/mol. The highest BCUT2D eigenvalue weighted by molar-refractivity contribution is 8.01. The fourth-order valence-electron chi connectivity index (χ4n) is 3.12. The Morgan fingerprint density at radius 3 is 2.83 bits per heavy atom. The van der Waals surface area contributed by atoms with E-state index in [-0.39, 0.29) is 29.5 Å². The van der Waals surface area contributed by atoms with Gasteiger partial charge in [0, 0.05) is 22.4 Å². The molecule has 1 saturated carbocycles. The van der Waals surface area contributed by atoms with Crippen LogP contribution in [0.2, 0.25) is 5.02 Å². The van der Waals surface area contributed by atoms with Crippen molar-refractivity contribution in [1.82, 2.24) is 5.32 Å².